The summed E-state index contributed by atoms with van der Waals surface area (Å²) in [6.07, 6.45) is 0.423. The first-order valence-electron chi connectivity index (χ1n) is 9.44. The molecule has 1 N–H and O–H groups in total. The SMILES string of the molecule is CCN1CCN(C(=O)c2ccc3c(c2)nc(N2CC[C@H](O)C2)n3C)CC1=O. The predicted molar refractivity (Wildman–Crippen MR) is 102 cm³/mol. The van der Waals surface area contributed by atoms with E-state index in [0.29, 0.717) is 31.7 Å². The van der Waals surface area contributed by atoms with Crippen molar-refractivity contribution in [3.8, 4) is 0 Å². The lowest BCUT2D eigenvalue weighted by molar-refractivity contribution is -0.134. The molecule has 8 heteroatoms. The molecule has 1 aromatic heterocycles. The number of likely N-dealkylation sites (N-methyl/N-ethyl adjacent to an activating group) is 1. The van der Waals surface area contributed by atoms with E-state index in [2.05, 4.69) is 9.88 Å². The second-order valence-corrected chi connectivity index (χ2v) is 7.26. The van der Waals surface area contributed by atoms with Gasteiger partial charge in [0.15, 0.2) is 0 Å². The van der Waals surface area contributed by atoms with E-state index in [0.717, 1.165) is 29.9 Å². The third kappa shape index (κ3) is 3.14. The lowest BCUT2D eigenvalue weighted by Crippen LogP contribution is -2.52. The third-order valence-corrected chi connectivity index (χ3v) is 5.54. The van der Waals surface area contributed by atoms with E-state index in [1.807, 2.05) is 24.6 Å². The fourth-order valence-electron chi connectivity index (χ4n) is 3.93. The van der Waals surface area contributed by atoms with Crippen LogP contribution in [-0.4, -0.2) is 81.6 Å². The summed E-state index contributed by atoms with van der Waals surface area (Å²) >= 11 is 0. The van der Waals surface area contributed by atoms with E-state index < -0.39 is 0 Å². The summed E-state index contributed by atoms with van der Waals surface area (Å²) in [4.78, 5) is 35.1. The molecule has 1 aromatic carbocycles. The second kappa shape index (κ2) is 6.84. The van der Waals surface area contributed by atoms with E-state index in [4.69, 9.17) is 0 Å². The number of imidazole rings is 1. The number of carbonyl (C=O) groups is 2. The van der Waals surface area contributed by atoms with Gasteiger partial charge in [0.1, 0.15) is 6.54 Å². The van der Waals surface area contributed by atoms with Gasteiger partial charge in [-0.15, -0.1) is 0 Å². The molecule has 2 aliphatic rings. The molecule has 2 aliphatic heterocycles. The van der Waals surface area contributed by atoms with Crippen LogP contribution < -0.4 is 4.90 Å². The Morgan fingerprint density at radius 1 is 1.30 bits per heavy atom. The standard InChI is InChI=1S/C19H25N5O3/c1-3-22-8-9-23(12-17(22)26)18(27)13-4-5-16-15(10-13)20-19(21(16)2)24-7-6-14(25)11-24/h4-5,10,14,25H,3,6-9,11-12H2,1-2H3/t14-/m0/s1. The van der Waals surface area contributed by atoms with Crippen LogP contribution in [0.3, 0.4) is 0 Å². The number of hydrogen-bond donors (Lipinski definition) is 1. The maximum atomic E-state index is 12.9. The molecular formula is C19H25N5O3. The first-order valence-corrected chi connectivity index (χ1v) is 9.44. The minimum absolute atomic E-state index is 0.00843. The Hall–Kier alpha value is -2.61. The van der Waals surface area contributed by atoms with Gasteiger partial charge in [0.05, 0.1) is 17.1 Å². The number of amides is 2. The maximum absolute atomic E-state index is 12.9. The Balaban J connectivity index is 1.58. The van der Waals surface area contributed by atoms with Crippen molar-refractivity contribution in [2.75, 3.05) is 44.2 Å². The van der Waals surface area contributed by atoms with Crippen LogP contribution in [0.4, 0.5) is 5.95 Å². The molecule has 2 fully saturated rings. The van der Waals surface area contributed by atoms with Crippen molar-refractivity contribution < 1.29 is 14.7 Å². The van der Waals surface area contributed by atoms with Crippen LogP contribution in [0.5, 0.6) is 0 Å². The van der Waals surface area contributed by atoms with Gasteiger partial charge in [-0.1, -0.05) is 0 Å². The number of nitrogens with zero attached hydrogens (tertiary/aromatic N) is 5. The van der Waals surface area contributed by atoms with Crippen LogP contribution in [0.15, 0.2) is 18.2 Å². The Kier molecular flexibility index (Phi) is 4.51. The number of aliphatic hydroxyl groups is 1. The molecule has 0 spiro atoms. The van der Waals surface area contributed by atoms with E-state index in [1.165, 1.54) is 0 Å². The lowest BCUT2D eigenvalue weighted by Gasteiger charge is -2.33. The molecule has 0 radical (unpaired) electrons. The van der Waals surface area contributed by atoms with Gasteiger partial charge in [0, 0.05) is 45.3 Å². The number of β-amino-alcohol motifs (C(OH)–C–C–N with tert-alkyl or cyclic N) is 1. The highest BCUT2D eigenvalue weighted by molar-refractivity contribution is 5.99. The van der Waals surface area contributed by atoms with Crippen molar-refractivity contribution in [3.63, 3.8) is 0 Å². The molecule has 0 bridgehead atoms. The molecule has 2 amide bonds. The van der Waals surface area contributed by atoms with Crippen molar-refractivity contribution in [1.29, 1.82) is 0 Å². The zero-order chi connectivity index (χ0) is 19.1. The van der Waals surface area contributed by atoms with E-state index in [1.54, 1.807) is 21.9 Å². The molecular weight excluding hydrogens is 346 g/mol. The first kappa shape index (κ1) is 17.8. The number of fused-ring (bicyclic) bond motifs is 1. The van der Waals surface area contributed by atoms with Crippen LogP contribution in [0.1, 0.15) is 23.7 Å². The highest BCUT2D eigenvalue weighted by Gasteiger charge is 2.28. The van der Waals surface area contributed by atoms with E-state index in [9.17, 15) is 14.7 Å². The van der Waals surface area contributed by atoms with Crippen molar-refractivity contribution in [2.24, 2.45) is 7.05 Å². The number of rotatable bonds is 3. The molecule has 8 nitrogen and oxygen atoms in total. The van der Waals surface area contributed by atoms with Gasteiger partial charge in [-0.25, -0.2) is 4.98 Å². The summed E-state index contributed by atoms with van der Waals surface area (Å²) in [7, 11) is 1.94. The largest absolute Gasteiger partial charge is 0.391 e. The maximum Gasteiger partial charge on any atom is 0.254 e. The molecule has 3 heterocycles. The van der Waals surface area contributed by atoms with Crippen molar-refractivity contribution >= 4 is 28.8 Å². The van der Waals surface area contributed by atoms with Crippen molar-refractivity contribution in [1.82, 2.24) is 19.4 Å². The van der Waals surface area contributed by atoms with E-state index >= 15 is 0 Å². The van der Waals surface area contributed by atoms with Gasteiger partial charge in [0.2, 0.25) is 11.9 Å². The first-order chi connectivity index (χ1) is 13.0. The summed E-state index contributed by atoms with van der Waals surface area (Å²) in [6, 6.07) is 5.49. The molecule has 0 aliphatic carbocycles. The van der Waals surface area contributed by atoms with Gasteiger partial charge in [0.25, 0.3) is 5.91 Å². The number of piperazine rings is 1. The smallest absolute Gasteiger partial charge is 0.254 e. The number of carbonyl (C=O) groups excluding carboxylic acids is 2. The van der Waals surface area contributed by atoms with Gasteiger partial charge < -0.3 is 24.4 Å². The number of anilines is 1. The average Bonchev–Trinajstić information content (AvgIpc) is 3.24. The number of aliphatic hydroxyl groups excluding tert-OH is 1. The fourth-order valence-corrected chi connectivity index (χ4v) is 3.93. The van der Waals surface area contributed by atoms with Crippen LogP contribution >= 0.6 is 0 Å². The molecule has 27 heavy (non-hydrogen) atoms. The summed E-state index contributed by atoms with van der Waals surface area (Å²) in [5, 5.41) is 9.79. The average molecular weight is 371 g/mol. The number of aryl methyl sites for hydroxylation is 1. The highest BCUT2D eigenvalue weighted by Crippen LogP contribution is 2.25. The summed E-state index contributed by atoms with van der Waals surface area (Å²) in [5.74, 6) is 0.661. The zero-order valence-electron chi connectivity index (χ0n) is 15.8. The normalized spacial score (nSPS) is 20.8. The lowest BCUT2D eigenvalue weighted by atomic mass is 10.1. The summed E-state index contributed by atoms with van der Waals surface area (Å²) in [6.45, 7) is 5.23. The minimum atomic E-state index is -0.318. The van der Waals surface area contributed by atoms with Crippen LogP contribution in [0.2, 0.25) is 0 Å². The van der Waals surface area contributed by atoms with Gasteiger partial charge in [-0.2, -0.15) is 0 Å². The molecule has 4 rings (SSSR count). The molecule has 144 valence electrons. The summed E-state index contributed by atoms with van der Waals surface area (Å²) in [5.41, 5.74) is 2.24. The monoisotopic (exact) mass is 371 g/mol. The molecule has 2 aromatic rings. The fraction of sp³-hybridized carbons (Fsp3) is 0.526. The van der Waals surface area contributed by atoms with Crippen LogP contribution in [0, 0.1) is 0 Å². The Bertz CT molecular complexity index is 893. The molecule has 2 saturated heterocycles. The van der Waals surface area contributed by atoms with Crippen LogP contribution in [0.25, 0.3) is 11.0 Å². The van der Waals surface area contributed by atoms with Crippen molar-refractivity contribution in [3.05, 3.63) is 23.8 Å². The van der Waals surface area contributed by atoms with Gasteiger partial charge >= 0.3 is 0 Å². The van der Waals surface area contributed by atoms with Crippen molar-refractivity contribution in [2.45, 2.75) is 19.4 Å². The number of aromatic nitrogens is 2. The minimum Gasteiger partial charge on any atom is -0.391 e. The zero-order valence-corrected chi connectivity index (χ0v) is 15.8. The van der Waals surface area contributed by atoms with E-state index in [-0.39, 0.29) is 24.5 Å². The highest BCUT2D eigenvalue weighted by atomic mass is 16.3. The Labute approximate surface area is 158 Å². The molecule has 0 saturated carbocycles. The molecule has 0 unspecified atom stereocenters. The molecule has 1 atom stereocenters. The van der Waals surface area contributed by atoms with Crippen LogP contribution in [-0.2, 0) is 11.8 Å². The topological polar surface area (TPSA) is 81.9 Å². The third-order valence-electron chi connectivity index (χ3n) is 5.54. The quantitative estimate of drug-likeness (QED) is 0.847. The Morgan fingerprint density at radius 3 is 2.78 bits per heavy atom. The predicted octanol–water partition coefficient (Wildman–Crippen LogP) is 0.449. The number of hydrogen-bond acceptors (Lipinski definition) is 5. The summed E-state index contributed by atoms with van der Waals surface area (Å²) < 4.78 is 1.99. The van der Waals surface area contributed by atoms with Gasteiger partial charge in [-0.05, 0) is 31.5 Å². The van der Waals surface area contributed by atoms with Gasteiger partial charge in [-0.3, -0.25) is 9.59 Å². The Morgan fingerprint density at radius 2 is 2.11 bits per heavy atom. The number of benzene rings is 1. The second-order valence-electron chi connectivity index (χ2n) is 7.26.